The fraction of sp³-hybridized carbons (Fsp3) is 0.258. The third-order valence-corrected chi connectivity index (χ3v) is 9.88. The standard InChI is InChI=1S/C31H27O6S/c1-18(2)29(32)36-27-23-17-24-26(31(34)37-28(24)27)25(23)30(33)35-19-13-15-22(16-14-19)38(20-9-5-3-6-10-20)21-11-7-4-8-12-21/h3-16,23-28H,1,17H2,2H3/q+1. The van der Waals surface area contributed by atoms with Gasteiger partial charge < -0.3 is 14.2 Å². The number of carbonyl (C=O) groups is 3. The van der Waals surface area contributed by atoms with Crippen LogP contribution in [-0.4, -0.2) is 30.1 Å². The summed E-state index contributed by atoms with van der Waals surface area (Å²) in [5, 5.41) is 0. The minimum atomic E-state index is -0.711. The largest absolute Gasteiger partial charge is 0.458 e. The first-order valence-electron chi connectivity index (χ1n) is 12.7. The van der Waals surface area contributed by atoms with Crippen LogP contribution < -0.4 is 4.74 Å². The molecule has 2 bridgehead atoms. The van der Waals surface area contributed by atoms with Gasteiger partial charge in [0.15, 0.2) is 14.7 Å². The molecule has 0 aromatic heterocycles. The molecule has 7 heteroatoms. The van der Waals surface area contributed by atoms with Crippen LogP contribution in [0.2, 0.25) is 0 Å². The lowest BCUT2D eigenvalue weighted by atomic mass is 9.78. The molecule has 192 valence electrons. The van der Waals surface area contributed by atoms with Crippen molar-refractivity contribution in [1.82, 2.24) is 0 Å². The first-order chi connectivity index (χ1) is 18.4. The van der Waals surface area contributed by atoms with Crippen LogP contribution in [0.3, 0.4) is 0 Å². The minimum absolute atomic E-state index is 0.144. The molecule has 0 spiro atoms. The Morgan fingerprint density at radius 1 is 0.868 bits per heavy atom. The van der Waals surface area contributed by atoms with E-state index in [1.807, 2.05) is 48.5 Å². The molecule has 1 saturated heterocycles. The van der Waals surface area contributed by atoms with E-state index in [9.17, 15) is 14.4 Å². The molecule has 2 aliphatic carbocycles. The molecule has 6 unspecified atom stereocenters. The fourth-order valence-electron chi connectivity index (χ4n) is 6.04. The summed E-state index contributed by atoms with van der Waals surface area (Å²) in [6.07, 6.45) is -0.575. The second-order valence-corrected chi connectivity index (χ2v) is 12.0. The number of hydrogen-bond acceptors (Lipinski definition) is 6. The van der Waals surface area contributed by atoms with Crippen LogP contribution in [0.15, 0.2) is 112 Å². The number of carbonyl (C=O) groups excluding carboxylic acids is 3. The second-order valence-electron chi connectivity index (χ2n) is 9.99. The monoisotopic (exact) mass is 527 g/mol. The van der Waals surface area contributed by atoms with Gasteiger partial charge >= 0.3 is 17.9 Å². The van der Waals surface area contributed by atoms with Gasteiger partial charge in [-0.3, -0.25) is 9.59 Å². The van der Waals surface area contributed by atoms with Crippen molar-refractivity contribution in [2.24, 2.45) is 23.7 Å². The van der Waals surface area contributed by atoms with Gasteiger partial charge in [0.25, 0.3) is 0 Å². The van der Waals surface area contributed by atoms with E-state index in [0.29, 0.717) is 12.2 Å². The number of benzene rings is 3. The van der Waals surface area contributed by atoms with E-state index < -0.39 is 42.0 Å². The van der Waals surface area contributed by atoms with Crippen molar-refractivity contribution in [3.63, 3.8) is 0 Å². The van der Waals surface area contributed by atoms with Gasteiger partial charge in [-0.25, -0.2) is 4.79 Å². The van der Waals surface area contributed by atoms with Gasteiger partial charge in [0, 0.05) is 17.4 Å². The number of fused-ring (bicyclic) bond motifs is 1. The zero-order valence-corrected chi connectivity index (χ0v) is 21.6. The maximum atomic E-state index is 13.4. The highest BCUT2D eigenvalue weighted by atomic mass is 32.2. The zero-order chi connectivity index (χ0) is 26.4. The highest BCUT2D eigenvalue weighted by Crippen LogP contribution is 2.59. The first-order valence-corrected chi connectivity index (χ1v) is 13.9. The number of rotatable bonds is 7. The molecule has 6 rings (SSSR count). The topological polar surface area (TPSA) is 78.9 Å². The highest BCUT2D eigenvalue weighted by Gasteiger charge is 2.70. The Labute approximate surface area is 223 Å². The molecule has 3 fully saturated rings. The van der Waals surface area contributed by atoms with E-state index in [4.69, 9.17) is 14.2 Å². The van der Waals surface area contributed by atoms with Gasteiger partial charge in [-0.1, -0.05) is 43.0 Å². The summed E-state index contributed by atoms with van der Waals surface area (Å²) in [4.78, 5) is 41.7. The first kappa shape index (κ1) is 24.5. The van der Waals surface area contributed by atoms with Crippen molar-refractivity contribution in [2.75, 3.05) is 0 Å². The van der Waals surface area contributed by atoms with E-state index in [1.165, 1.54) is 9.79 Å². The Morgan fingerprint density at radius 3 is 2.03 bits per heavy atom. The predicted octanol–water partition coefficient (Wildman–Crippen LogP) is 4.98. The Bertz CT molecular complexity index is 1350. The average Bonchev–Trinajstić information content (AvgIpc) is 3.55. The maximum Gasteiger partial charge on any atom is 0.333 e. The normalized spacial score (nSPS) is 26.7. The molecule has 2 saturated carbocycles. The smallest absolute Gasteiger partial charge is 0.333 e. The van der Waals surface area contributed by atoms with E-state index in [0.717, 1.165) is 4.90 Å². The molecule has 38 heavy (non-hydrogen) atoms. The summed E-state index contributed by atoms with van der Waals surface area (Å²) in [6.45, 7) is 5.19. The number of ether oxygens (including phenoxy) is 3. The molecule has 3 aromatic carbocycles. The highest BCUT2D eigenvalue weighted by molar-refractivity contribution is 7.97. The van der Waals surface area contributed by atoms with Crippen LogP contribution in [0, 0.1) is 23.7 Å². The van der Waals surface area contributed by atoms with Crippen molar-refractivity contribution in [2.45, 2.75) is 40.2 Å². The van der Waals surface area contributed by atoms with Gasteiger partial charge in [0.05, 0.1) is 22.7 Å². The van der Waals surface area contributed by atoms with Crippen molar-refractivity contribution in [3.05, 3.63) is 97.1 Å². The third-order valence-electron chi connectivity index (χ3n) is 7.65. The van der Waals surface area contributed by atoms with E-state index >= 15 is 0 Å². The summed E-state index contributed by atoms with van der Waals surface area (Å²) in [6, 6.07) is 28.1. The summed E-state index contributed by atoms with van der Waals surface area (Å²) >= 11 is 0. The molecule has 3 aliphatic rings. The minimum Gasteiger partial charge on any atom is -0.458 e. The van der Waals surface area contributed by atoms with E-state index in [-0.39, 0.29) is 28.3 Å². The lowest BCUT2D eigenvalue weighted by molar-refractivity contribution is -0.160. The van der Waals surface area contributed by atoms with Gasteiger partial charge in [0.1, 0.15) is 18.0 Å². The van der Waals surface area contributed by atoms with Crippen molar-refractivity contribution < 1.29 is 28.6 Å². The van der Waals surface area contributed by atoms with Crippen LogP contribution in [0.5, 0.6) is 5.75 Å². The Kier molecular flexibility index (Phi) is 6.32. The molecule has 0 amide bonds. The quantitative estimate of drug-likeness (QED) is 0.187. The SMILES string of the molecule is C=C(C)C(=O)OC1C2CC3C1OC(=O)C3C2C(=O)Oc1ccc([S+](c2ccccc2)c2ccccc2)cc1. The molecule has 1 heterocycles. The van der Waals surface area contributed by atoms with Crippen LogP contribution in [0.25, 0.3) is 0 Å². The Morgan fingerprint density at radius 2 is 1.45 bits per heavy atom. The molecule has 6 nitrogen and oxygen atoms in total. The van der Waals surface area contributed by atoms with E-state index in [1.54, 1.807) is 19.1 Å². The van der Waals surface area contributed by atoms with Crippen molar-refractivity contribution >= 4 is 28.8 Å². The lowest BCUT2D eigenvalue weighted by Gasteiger charge is -2.30. The average molecular weight is 528 g/mol. The molecular formula is C31H27O6S+. The molecule has 6 atom stereocenters. The summed E-state index contributed by atoms with van der Waals surface area (Å²) in [5.74, 6) is -2.78. The molecular weight excluding hydrogens is 500 g/mol. The molecule has 3 aromatic rings. The Balaban J connectivity index is 1.22. The van der Waals surface area contributed by atoms with Gasteiger partial charge in [0.2, 0.25) is 0 Å². The summed E-state index contributed by atoms with van der Waals surface area (Å²) < 4.78 is 17.0. The molecule has 1 aliphatic heterocycles. The summed E-state index contributed by atoms with van der Waals surface area (Å²) in [5.41, 5.74) is 0.262. The van der Waals surface area contributed by atoms with Crippen LogP contribution >= 0.6 is 0 Å². The van der Waals surface area contributed by atoms with Crippen LogP contribution in [0.1, 0.15) is 13.3 Å². The number of hydrogen-bond donors (Lipinski definition) is 0. The van der Waals surface area contributed by atoms with Crippen LogP contribution in [0.4, 0.5) is 0 Å². The second kappa shape index (κ2) is 9.80. The third kappa shape index (κ3) is 4.21. The fourth-order valence-corrected chi connectivity index (χ4v) is 8.13. The maximum absolute atomic E-state index is 13.4. The predicted molar refractivity (Wildman–Crippen MR) is 140 cm³/mol. The van der Waals surface area contributed by atoms with Gasteiger partial charge in [-0.15, -0.1) is 0 Å². The van der Waals surface area contributed by atoms with Crippen LogP contribution in [-0.2, 0) is 34.8 Å². The van der Waals surface area contributed by atoms with Crippen molar-refractivity contribution in [3.8, 4) is 5.75 Å². The molecule has 0 radical (unpaired) electrons. The van der Waals surface area contributed by atoms with Gasteiger partial charge in [-0.2, -0.15) is 0 Å². The molecule has 0 N–H and O–H groups in total. The zero-order valence-electron chi connectivity index (χ0n) is 20.8. The Hall–Kier alpha value is -3.84. The van der Waals surface area contributed by atoms with Crippen molar-refractivity contribution in [1.29, 1.82) is 0 Å². The summed E-state index contributed by atoms with van der Waals surface area (Å²) in [7, 11) is -0.317. The number of esters is 3. The van der Waals surface area contributed by atoms with Gasteiger partial charge in [-0.05, 0) is 61.9 Å². The van der Waals surface area contributed by atoms with E-state index in [2.05, 4.69) is 30.8 Å². The lowest BCUT2D eigenvalue weighted by Crippen LogP contribution is -2.44.